The number of rotatable bonds is 1. The van der Waals surface area contributed by atoms with Crippen LogP contribution in [0.5, 0.6) is 0 Å². The Morgan fingerprint density at radius 2 is 2.05 bits per heavy atom. The van der Waals surface area contributed by atoms with Gasteiger partial charge in [-0.2, -0.15) is 13.2 Å². The highest BCUT2D eigenvalue weighted by molar-refractivity contribution is 9.10. The first kappa shape index (κ1) is 13.9. The second-order valence-electron chi connectivity index (χ2n) is 3.76. The number of halogens is 4. The standard InChI is InChI=1S/C11H8BrF3N2O2/c1-5-8(10(18)19-2)17-7(16-5)4-3-6(12)9(17)11(13,14)15/h3-4H,1-2H3. The molecule has 0 saturated heterocycles. The predicted molar refractivity (Wildman–Crippen MR) is 64.0 cm³/mol. The summed E-state index contributed by atoms with van der Waals surface area (Å²) < 4.78 is 44.4. The summed E-state index contributed by atoms with van der Waals surface area (Å²) in [6.45, 7) is 1.45. The van der Waals surface area contributed by atoms with E-state index in [9.17, 15) is 18.0 Å². The molecule has 0 aliphatic heterocycles. The number of esters is 1. The molecular formula is C11H8BrF3N2O2. The normalized spacial score (nSPS) is 11.9. The van der Waals surface area contributed by atoms with Gasteiger partial charge in [-0.05, 0) is 35.0 Å². The first-order chi connectivity index (χ1) is 8.77. The van der Waals surface area contributed by atoms with Crippen LogP contribution in [-0.2, 0) is 10.9 Å². The highest BCUT2D eigenvalue weighted by atomic mass is 79.9. The van der Waals surface area contributed by atoms with Crippen LogP contribution in [0.2, 0.25) is 0 Å². The van der Waals surface area contributed by atoms with Crippen LogP contribution in [0, 0.1) is 6.92 Å². The van der Waals surface area contributed by atoms with Crippen molar-refractivity contribution in [3.8, 4) is 0 Å². The molecule has 0 fully saturated rings. The van der Waals surface area contributed by atoms with Crippen molar-refractivity contribution >= 4 is 27.5 Å². The lowest BCUT2D eigenvalue weighted by Gasteiger charge is -2.13. The van der Waals surface area contributed by atoms with Gasteiger partial charge in [-0.3, -0.25) is 4.40 Å². The van der Waals surface area contributed by atoms with Crippen molar-refractivity contribution in [2.24, 2.45) is 0 Å². The average Bonchev–Trinajstić information content (AvgIpc) is 2.62. The van der Waals surface area contributed by atoms with E-state index in [0.29, 0.717) is 0 Å². The quantitative estimate of drug-likeness (QED) is 0.751. The van der Waals surface area contributed by atoms with E-state index >= 15 is 0 Å². The fourth-order valence-corrected chi connectivity index (χ4v) is 2.35. The van der Waals surface area contributed by atoms with Gasteiger partial charge < -0.3 is 4.74 Å². The summed E-state index contributed by atoms with van der Waals surface area (Å²) >= 11 is 2.85. The van der Waals surface area contributed by atoms with Crippen molar-refractivity contribution in [2.75, 3.05) is 7.11 Å². The summed E-state index contributed by atoms with van der Waals surface area (Å²) in [7, 11) is 1.10. The third-order valence-corrected chi connectivity index (χ3v) is 3.19. The molecule has 0 N–H and O–H groups in total. The Morgan fingerprint density at radius 3 is 2.58 bits per heavy atom. The molecule has 0 saturated carbocycles. The lowest BCUT2D eigenvalue weighted by molar-refractivity contribution is -0.142. The van der Waals surface area contributed by atoms with E-state index < -0.39 is 17.8 Å². The Hall–Kier alpha value is -1.57. The SMILES string of the molecule is COC(=O)c1c(C)nc2ccc(Br)c(C(F)(F)F)n12. The van der Waals surface area contributed by atoms with Crippen LogP contribution < -0.4 is 0 Å². The van der Waals surface area contributed by atoms with Crippen LogP contribution >= 0.6 is 15.9 Å². The summed E-state index contributed by atoms with van der Waals surface area (Å²) in [6.07, 6.45) is -4.63. The number of carbonyl (C=O) groups excluding carboxylic acids is 1. The minimum absolute atomic E-state index is 0.0356. The predicted octanol–water partition coefficient (Wildman–Crippen LogP) is 3.21. The number of imidazole rings is 1. The molecule has 0 aliphatic carbocycles. The molecule has 4 nitrogen and oxygen atoms in total. The Kier molecular flexibility index (Phi) is 3.29. The van der Waals surface area contributed by atoms with Gasteiger partial charge in [-0.15, -0.1) is 0 Å². The second-order valence-corrected chi connectivity index (χ2v) is 4.61. The molecule has 2 heterocycles. The third kappa shape index (κ3) is 2.20. The zero-order valence-corrected chi connectivity index (χ0v) is 11.5. The van der Waals surface area contributed by atoms with Gasteiger partial charge in [0.25, 0.3) is 0 Å². The van der Waals surface area contributed by atoms with Gasteiger partial charge in [-0.25, -0.2) is 9.78 Å². The van der Waals surface area contributed by atoms with Crippen LogP contribution in [0.3, 0.4) is 0 Å². The van der Waals surface area contributed by atoms with E-state index in [1.54, 1.807) is 0 Å². The molecule has 0 aliphatic rings. The van der Waals surface area contributed by atoms with Crippen molar-refractivity contribution < 1.29 is 22.7 Å². The number of ether oxygens (including phenoxy) is 1. The summed E-state index contributed by atoms with van der Waals surface area (Å²) in [4.78, 5) is 15.6. The first-order valence-electron chi connectivity index (χ1n) is 5.10. The zero-order chi connectivity index (χ0) is 14.4. The maximum atomic E-state index is 13.1. The van der Waals surface area contributed by atoms with Crippen molar-refractivity contribution in [3.05, 3.63) is 33.7 Å². The minimum atomic E-state index is -4.63. The lowest BCUT2D eigenvalue weighted by atomic mass is 10.3. The number of aryl methyl sites for hydroxylation is 1. The zero-order valence-electron chi connectivity index (χ0n) is 9.88. The molecule has 0 radical (unpaired) electrons. The minimum Gasteiger partial charge on any atom is -0.464 e. The van der Waals surface area contributed by atoms with Gasteiger partial charge in [-0.1, -0.05) is 0 Å². The molecule has 0 unspecified atom stereocenters. The summed E-state index contributed by atoms with van der Waals surface area (Å²) in [6, 6.07) is 2.63. The van der Waals surface area contributed by atoms with E-state index in [2.05, 4.69) is 25.7 Å². The van der Waals surface area contributed by atoms with Gasteiger partial charge in [0, 0.05) is 4.47 Å². The fraction of sp³-hybridized carbons (Fsp3) is 0.273. The van der Waals surface area contributed by atoms with Crippen LogP contribution in [-0.4, -0.2) is 22.5 Å². The van der Waals surface area contributed by atoms with E-state index in [1.807, 2.05) is 0 Å². The second kappa shape index (κ2) is 4.52. The van der Waals surface area contributed by atoms with E-state index in [0.717, 1.165) is 11.5 Å². The molecule has 2 aromatic rings. The van der Waals surface area contributed by atoms with Gasteiger partial charge in [0.1, 0.15) is 11.3 Å². The summed E-state index contributed by atoms with van der Waals surface area (Å²) in [5.41, 5.74) is -1.01. The molecule has 8 heteroatoms. The molecule has 0 spiro atoms. The molecule has 102 valence electrons. The molecule has 0 amide bonds. The monoisotopic (exact) mass is 336 g/mol. The Balaban J connectivity index is 2.94. The van der Waals surface area contributed by atoms with Crippen LogP contribution in [0.15, 0.2) is 16.6 Å². The fourth-order valence-electron chi connectivity index (χ4n) is 1.82. The van der Waals surface area contributed by atoms with Gasteiger partial charge in [0.05, 0.1) is 12.8 Å². The smallest absolute Gasteiger partial charge is 0.432 e. The number of aromatic nitrogens is 2. The highest BCUT2D eigenvalue weighted by Crippen LogP contribution is 2.36. The molecule has 0 atom stereocenters. The van der Waals surface area contributed by atoms with Crippen molar-refractivity contribution in [1.29, 1.82) is 0 Å². The average molecular weight is 337 g/mol. The van der Waals surface area contributed by atoms with E-state index in [-0.39, 0.29) is 21.5 Å². The van der Waals surface area contributed by atoms with Crippen molar-refractivity contribution in [3.63, 3.8) is 0 Å². The molecule has 2 rings (SSSR count). The number of nitrogens with zero attached hydrogens (tertiary/aromatic N) is 2. The number of carbonyl (C=O) groups is 1. The molecule has 19 heavy (non-hydrogen) atoms. The van der Waals surface area contributed by atoms with Crippen molar-refractivity contribution in [1.82, 2.24) is 9.38 Å². The molecule has 0 bridgehead atoms. The van der Waals surface area contributed by atoms with Gasteiger partial charge in [0.15, 0.2) is 5.69 Å². The Labute approximate surface area is 114 Å². The highest BCUT2D eigenvalue weighted by Gasteiger charge is 2.38. The number of alkyl halides is 3. The largest absolute Gasteiger partial charge is 0.464 e. The summed E-state index contributed by atoms with van der Waals surface area (Å²) in [5, 5.41) is 0. The number of hydrogen-bond acceptors (Lipinski definition) is 3. The Bertz CT molecular complexity index is 664. The van der Waals surface area contributed by atoms with Crippen LogP contribution in [0.4, 0.5) is 13.2 Å². The third-order valence-electron chi connectivity index (χ3n) is 2.55. The number of fused-ring (bicyclic) bond motifs is 1. The van der Waals surface area contributed by atoms with E-state index in [1.165, 1.54) is 19.1 Å². The van der Waals surface area contributed by atoms with Gasteiger partial charge >= 0.3 is 12.1 Å². The maximum absolute atomic E-state index is 13.1. The molecular weight excluding hydrogens is 329 g/mol. The topological polar surface area (TPSA) is 43.6 Å². The molecule has 2 aromatic heterocycles. The van der Waals surface area contributed by atoms with Gasteiger partial charge in [0.2, 0.25) is 0 Å². The number of methoxy groups -OCH3 is 1. The van der Waals surface area contributed by atoms with Crippen LogP contribution in [0.1, 0.15) is 21.9 Å². The van der Waals surface area contributed by atoms with Crippen LogP contribution in [0.25, 0.3) is 5.65 Å². The number of pyridine rings is 1. The lowest BCUT2D eigenvalue weighted by Crippen LogP contribution is -2.17. The number of hydrogen-bond donors (Lipinski definition) is 0. The Morgan fingerprint density at radius 1 is 1.42 bits per heavy atom. The van der Waals surface area contributed by atoms with E-state index in [4.69, 9.17) is 0 Å². The summed E-state index contributed by atoms with van der Waals surface area (Å²) in [5.74, 6) is -0.867. The maximum Gasteiger partial charge on any atom is 0.432 e. The first-order valence-corrected chi connectivity index (χ1v) is 5.89. The van der Waals surface area contributed by atoms with Crippen molar-refractivity contribution in [2.45, 2.75) is 13.1 Å². The molecule has 0 aromatic carbocycles.